The Labute approximate surface area is 116 Å². The van der Waals surface area contributed by atoms with Crippen molar-refractivity contribution >= 4 is 5.91 Å². The van der Waals surface area contributed by atoms with Gasteiger partial charge in [0.15, 0.2) is 5.75 Å². The van der Waals surface area contributed by atoms with Crippen LogP contribution in [-0.2, 0) is 4.79 Å². The maximum Gasteiger partial charge on any atom is 0.236 e. The van der Waals surface area contributed by atoms with Gasteiger partial charge in [-0.15, -0.1) is 5.48 Å². The minimum atomic E-state index is -0.297. The number of nitrogens with two attached hydrogens (primary N) is 1. The molecule has 0 radical (unpaired) electrons. The number of hydrogen-bond acceptors (Lipinski definition) is 4. The normalized spacial score (nSPS) is 28.6. The lowest BCUT2D eigenvalue weighted by Gasteiger charge is -2.30. The maximum absolute atomic E-state index is 13.1. The Morgan fingerprint density at radius 1 is 1.35 bits per heavy atom. The predicted molar refractivity (Wildman–Crippen MR) is 70.7 cm³/mol. The van der Waals surface area contributed by atoms with E-state index < -0.39 is 0 Å². The van der Waals surface area contributed by atoms with Crippen LogP contribution in [0.15, 0.2) is 18.2 Å². The van der Waals surface area contributed by atoms with Gasteiger partial charge in [-0.3, -0.25) is 10.2 Å². The molecule has 5 nitrogen and oxygen atoms in total. The quantitative estimate of drug-likeness (QED) is 0.436. The van der Waals surface area contributed by atoms with Gasteiger partial charge in [-0.05, 0) is 37.7 Å². The Balaban J connectivity index is 1.67. The first-order valence-electron chi connectivity index (χ1n) is 6.91. The summed E-state index contributed by atoms with van der Waals surface area (Å²) in [5.41, 5.74) is 6.20. The van der Waals surface area contributed by atoms with E-state index in [4.69, 9.17) is 10.7 Å². The number of halogens is 1. The Hall–Kier alpha value is -1.66. The van der Waals surface area contributed by atoms with Crippen LogP contribution in [0.3, 0.4) is 0 Å². The third kappa shape index (κ3) is 2.36. The van der Waals surface area contributed by atoms with Gasteiger partial charge >= 0.3 is 0 Å². The standard InChI is InChI=1S/C14H18FN3O2/c15-10-5-6-11-12(7-10)20-18-13(11)8-1-3-9(4-2-8)14(19)17-16/h5-9,13,18H,1-4,16H2,(H,17,19). The monoisotopic (exact) mass is 279 g/mol. The van der Waals surface area contributed by atoms with Crippen molar-refractivity contribution in [2.45, 2.75) is 31.7 Å². The lowest BCUT2D eigenvalue weighted by Crippen LogP contribution is -2.38. The maximum atomic E-state index is 13.1. The van der Waals surface area contributed by atoms with Gasteiger partial charge in [0.05, 0.1) is 6.04 Å². The van der Waals surface area contributed by atoms with Crippen molar-refractivity contribution in [3.8, 4) is 5.75 Å². The molecule has 1 amide bonds. The number of carbonyl (C=O) groups is 1. The van der Waals surface area contributed by atoms with Gasteiger partial charge in [0.25, 0.3) is 0 Å². The third-order valence-corrected chi connectivity index (χ3v) is 4.36. The smallest absolute Gasteiger partial charge is 0.236 e. The molecule has 2 aliphatic rings. The van der Waals surface area contributed by atoms with E-state index in [1.54, 1.807) is 6.07 Å². The predicted octanol–water partition coefficient (Wildman–Crippen LogP) is 1.56. The number of benzene rings is 1. The molecule has 0 saturated heterocycles. The fraction of sp³-hybridized carbons (Fsp3) is 0.500. The molecule has 6 heteroatoms. The molecule has 4 N–H and O–H groups in total. The first kappa shape index (κ1) is 13.3. The summed E-state index contributed by atoms with van der Waals surface area (Å²) in [6.45, 7) is 0. The van der Waals surface area contributed by atoms with Crippen LogP contribution in [0.4, 0.5) is 4.39 Å². The highest BCUT2D eigenvalue weighted by molar-refractivity contribution is 5.78. The van der Waals surface area contributed by atoms with E-state index in [1.807, 2.05) is 0 Å². The first-order chi connectivity index (χ1) is 9.69. The number of amides is 1. The van der Waals surface area contributed by atoms with Crippen molar-refractivity contribution in [2.75, 3.05) is 0 Å². The Bertz CT molecular complexity index is 515. The van der Waals surface area contributed by atoms with Crippen LogP contribution in [0.2, 0.25) is 0 Å². The number of carbonyl (C=O) groups excluding carboxylic acids is 1. The van der Waals surface area contributed by atoms with E-state index in [9.17, 15) is 9.18 Å². The zero-order chi connectivity index (χ0) is 14.1. The number of nitrogens with one attached hydrogen (secondary N) is 2. The summed E-state index contributed by atoms with van der Waals surface area (Å²) in [4.78, 5) is 16.9. The van der Waals surface area contributed by atoms with E-state index in [2.05, 4.69) is 10.9 Å². The summed E-state index contributed by atoms with van der Waals surface area (Å²) in [6.07, 6.45) is 3.50. The molecule has 1 saturated carbocycles. The summed E-state index contributed by atoms with van der Waals surface area (Å²) >= 11 is 0. The van der Waals surface area contributed by atoms with E-state index >= 15 is 0 Å². The molecule has 3 rings (SSSR count). The van der Waals surface area contributed by atoms with Gasteiger partial charge in [0.1, 0.15) is 5.82 Å². The molecular weight excluding hydrogens is 261 g/mol. The molecule has 1 unspecified atom stereocenters. The number of fused-ring (bicyclic) bond motifs is 1. The van der Waals surface area contributed by atoms with Crippen molar-refractivity contribution in [3.63, 3.8) is 0 Å². The molecule has 0 aromatic heterocycles. The lowest BCUT2D eigenvalue weighted by molar-refractivity contribution is -0.126. The van der Waals surface area contributed by atoms with Gasteiger partial charge in [-0.1, -0.05) is 6.07 Å². The highest BCUT2D eigenvalue weighted by Gasteiger charge is 2.35. The third-order valence-electron chi connectivity index (χ3n) is 4.36. The Morgan fingerprint density at radius 3 is 2.80 bits per heavy atom. The highest BCUT2D eigenvalue weighted by Crippen LogP contribution is 2.42. The second-order valence-electron chi connectivity index (χ2n) is 5.50. The molecule has 1 aromatic carbocycles. The van der Waals surface area contributed by atoms with E-state index in [1.165, 1.54) is 12.1 Å². The molecule has 1 heterocycles. The Kier molecular flexibility index (Phi) is 3.58. The van der Waals surface area contributed by atoms with Gasteiger partial charge in [0.2, 0.25) is 5.91 Å². The molecule has 1 fully saturated rings. The molecule has 20 heavy (non-hydrogen) atoms. The van der Waals surface area contributed by atoms with Crippen LogP contribution in [-0.4, -0.2) is 5.91 Å². The fourth-order valence-electron chi connectivity index (χ4n) is 3.23. The molecule has 1 aliphatic carbocycles. The zero-order valence-electron chi connectivity index (χ0n) is 11.1. The topological polar surface area (TPSA) is 76.4 Å². The first-order valence-corrected chi connectivity index (χ1v) is 6.91. The lowest BCUT2D eigenvalue weighted by atomic mass is 9.77. The average molecular weight is 279 g/mol. The summed E-state index contributed by atoms with van der Waals surface area (Å²) in [5, 5.41) is 0. The number of hydroxylamine groups is 1. The largest absolute Gasteiger partial charge is 0.408 e. The summed E-state index contributed by atoms with van der Waals surface area (Å²) in [6, 6.07) is 4.70. The fourth-order valence-corrected chi connectivity index (χ4v) is 3.23. The summed E-state index contributed by atoms with van der Waals surface area (Å²) in [7, 11) is 0. The van der Waals surface area contributed by atoms with E-state index in [0.717, 1.165) is 31.2 Å². The second-order valence-corrected chi connectivity index (χ2v) is 5.50. The van der Waals surface area contributed by atoms with Crippen LogP contribution in [0.1, 0.15) is 37.3 Å². The molecule has 108 valence electrons. The average Bonchev–Trinajstić information content (AvgIpc) is 2.89. The molecule has 1 atom stereocenters. The van der Waals surface area contributed by atoms with Crippen molar-refractivity contribution in [1.82, 2.24) is 10.9 Å². The van der Waals surface area contributed by atoms with E-state index in [0.29, 0.717) is 11.7 Å². The molecular formula is C14H18FN3O2. The van der Waals surface area contributed by atoms with Crippen LogP contribution in [0.5, 0.6) is 5.75 Å². The minimum Gasteiger partial charge on any atom is -0.408 e. The summed E-state index contributed by atoms with van der Waals surface area (Å²) in [5.74, 6) is 5.76. The van der Waals surface area contributed by atoms with E-state index in [-0.39, 0.29) is 23.7 Å². The Morgan fingerprint density at radius 2 is 2.10 bits per heavy atom. The number of hydrazine groups is 1. The van der Waals surface area contributed by atoms with Crippen molar-refractivity contribution in [1.29, 1.82) is 0 Å². The van der Waals surface area contributed by atoms with Crippen LogP contribution in [0.25, 0.3) is 0 Å². The minimum absolute atomic E-state index is 0.00580. The number of rotatable bonds is 2. The van der Waals surface area contributed by atoms with Crippen LogP contribution >= 0.6 is 0 Å². The van der Waals surface area contributed by atoms with Gasteiger partial charge in [-0.25, -0.2) is 10.2 Å². The number of hydrogen-bond donors (Lipinski definition) is 3. The molecule has 1 aromatic rings. The van der Waals surface area contributed by atoms with Crippen molar-refractivity contribution in [2.24, 2.45) is 17.7 Å². The highest BCUT2D eigenvalue weighted by atomic mass is 19.1. The van der Waals surface area contributed by atoms with Crippen molar-refractivity contribution in [3.05, 3.63) is 29.6 Å². The second kappa shape index (κ2) is 5.38. The summed E-state index contributed by atoms with van der Waals surface area (Å²) < 4.78 is 13.1. The van der Waals surface area contributed by atoms with Crippen molar-refractivity contribution < 1.29 is 14.0 Å². The van der Waals surface area contributed by atoms with Crippen LogP contribution in [0, 0.1) is 17.7 Å². The van der Waals surface area contributed by atoms with Crippen LogP contribution < -0.4 is 21.6 Å². The molecule has 1 aliphatic heterocycles. The SMILES string of the molecule is NNC(=O)C1CCC(C2NOc3cc(F)ccc32)CC1. The molecule has 0 spiro atoms. The van der Waals surface area contributed by atoms with Gasteiger partial charge < -0.3 is 4.84 Å². The van der Waals surface area contributed by atoms with Gasteiger partial charge in [-0.2, -0.15) is 0 Å². The zero-order valence-corrected chi connectivity index (χ0v) is 11.1. The molecule has 0 bridgehead atoms. The van der Waals surface area contributed by atoms with Gasteiger partial charge in [0, 0.05) is 17.5 Å².